The number of aromatic amines is 2. The molecule has 1 aliphatic heterocycles. The Kier molecular flexibility index (Phi) is 13.8. The largest absolute Gasteiger partial charge is 0.453 e. The third-order valence-corrected chi connectivity index (χ3v) is 12.0. The van der Waals surface area contributed by atoms with E-state index in [9.17, 15) is 19.2 Å². The first kappa shape index (κ1) is 42.9. The second-order valence-electron chi connectivity index (χ2n) is 15.8. The molecule has 0 radical (unpaired) electrons. The van der Waals surface area contributed by atoms with Gasteiger partial charge in [-0.3, -0.25) is 9.59 Å². The first-order chi connectivity index (χ1) is 28.3. The zero-order valence-corrected chi connectivity index (χ0v) is 36.0. The van der Waals surface area contributed by atoms with Gasteiger partial charge in [0.05, 0.1) is 50.6 Å². The lowest BCUT2D eigenvalue weighted by molar-refractivity contribution is -0.136. The smallest absolute Gasteiger partial charge is 0.407 e. The number of ether oxygens (including phenoxy) is 2. The number of methoxy groups -OCH3 is 2. The minimum atomic E-state index is -0.720. The average molecular weight is 825 g/mol. The second kappa shape index (κ2) is 18.9. The fourth-order valence-electron chi connectivity index (χ4n) is 7.66. The maximum atomic E-state index is 13.7. The number of amides is 4. The second-order valence-corrected chi connectivity index (χ2v) is 17.0. The topological polar surface area (TPSA) is 175 Å². The van der Waals surface area contributed by atoms with Gasteiger partial charge >= 0.3 is 12.2 Å². The van der Waals surface area contributed by atoms with Gasteiger partial charge in [0.25, 0.3) is 0 Å². The van der Waals surface area contributed by atoms with Gasteiger partial charge in [0.15, 0.2) is 0 Å². The third kappa shape index (κ3) is 9.62. The number of carbonyl (C=O) groups excluding carboxylic acids is 4. The molecule has 59 heavy (non-hydrogen) atoms. The molecule has 3 aromatic heterocycles. The van der Waals surface area contributed by atoms with E-state index in [1.807, 2.05) is 45.0 Å². The van der Waals surface area contributed by atoms with Crippen molar-refractivity contribution in [1.29, 1.82) is 0 Å². The number of fused-ring (bicyclic) bond motifs is 1. The van der Waals surface area contributed by atoms with Crippen LogP contribution in [0.2, 0.25) is 0 Å². The van der Waals surface area contributed by atoms with Gasteiger partial charge in [-0.25, -0.2) is 19.6 Å². The van der Waals surface area contributed by atoms with E-state index in [0.717, 1.165) is 75.2 Å². The van der Waals surface area contributed by atoms with Gasteiger partial charge in [0, 0.05) is 33.6 Å². The van der Waals surface area contributed by atoms with Crippen LogP contribution < -0.4 is 10.6 Å². The highest BCUT2D eigenvalue weighted by atomic mass is 32.1. The van der Waals surface area contributed by atoms with E-state index in [-0.39, 0.29) is 36.2 Å². The number of unbranched alkanes of at least 4 members (excludes halogenated alkanes) is 1. The number of alkyl carbamates (subject to hydrolysis) is 2. The molecule has 4 amide bonds. The third-order valence-electron chi connectivity index (χ3n) is 10.9. The zero-order chi connectivity index (χ0) is 42.4. The first-order valence-electron chi connectivity index (χ1n) is 20.3. The summed E-state index contributed by atoms with van der Waals surface area (Å²) in [5.74, 6) is 0.829. The van der Waals surface area contributed by atoms with Gasteiger partial charge in [-0.15, -0.1) is 11.3 Å². The summed E-state index contributed by atoms with van der Waals surface area (Å²) in [6, 6.07) is 13.2. The number of carbonyl (C=O) groups is 4. The van der Waals surface area contributed by atoms with E-state index in [1.165, 1.54) is 19.1 Å². The van der Waals surface area contributed by atoms with Crippen molar-refractivity contribution in [3.05, 3.63) is 71.4 Å². The maximum Gasteiger partial charge on any atom is 0.407 e. The van der Waals surface area contributed by atoms with Crippen molar-refractivity contribution in [2.75, 3.05) is 27.3 Å². The molecule has 0 spiro atoms. The Morgan fingerprint density at radius 2 is 1.53 bits per heavy atom. The Morgan fingerprint density at radius 1 is 0.881 bits per heavy atom. The highest BCUT2D eigenvalue weighted by Crippen LogP contribution is 2.41. The Bertz CT molecular complexity index is 2260. The highest BCUT2D eigenvalue weighted by Gasteiger charge is 2.37. The Balaban J connectivity index is 1.20. The number of nitrogens with zero attached hydrogens (tertiary/aromatic N) is 4. The molecule has 4 N–H and O–H groups in total. The summed E-state index contributed by atoms with van der Waals surface area (Å²) in [6.45, 7) is 13.2. The summed E-state index contributed by atoms with van der Waals surface area (Å²) in [5, 5.41) is 6.53. The van der Waals surface area contributed by atoms with E-state index in [0.29, 0.717) is 18.9 Å². The number of H-pyrrole nitrogens is 2. The van der Waals surface area contributed by atoms with E-state index >= 15 is 0 Å². The number of imidazole rings is 2. The summed E-state index contributed by atoms with van der Waals surface area (Å²) < 4.78 is 10.7. The number of rotatable bonds is 15. The summed E-state index contributed by atoms with van der Waals surface area (Å²) in [6.07, 6.45) is 5.73. The predicted molar refractivity (Wildman–Crippen MR) is 230 cm³/mol. The summed E-state index contributed by atoms with van der Waals surface area (Å²) in [7, 11) is 2.58. The fourth-order valence-corrected chi connectivity index (χ4v) is 8.73. The number of hydrogen-bond acceptors (Lipinski definition) is 9. The summed E-state index contributed by atoms with van der Waals surface area (Å²) in [5.41, 5.74) is 5.91. The summed E-state index contributed by atoms with van der Waals surface area (Å²) in [4.78, 5) is 72.5. The normalized spacial score (nSPS) is 15.1. The molecule has 0 bridgehead atoms. The molecule has 1 fully saturated rings. The molecule has 4 heterocycles. The van der Waals surface area contributed by atoms with Gasteiger partial charge in [-0.1, -0.05) is 77.4 Å². The predicted octanol–water partition coefficient (Wildman–Crippen LogP) is 8.21. The molecule has 5 aromatic rings. The molecular weight excluding hydrogens is 769 g/mol. The van der Waals surface area contributed by atoms with Gasteiger partial charge in [0.1, 0.15) is 23.7 Å². The van der Waals surface area contributed by atoms with E-state index < -0.39 is 24.3 Å². The quantitative estimate of drug-likeness (QED) is 0.0817. The number of likely N-dealkylation sites (tertiary alicyclic amines) is 1. The van der Waals surface area contributed by atoms with E-state index in [2.05, 4.69) is 76.9 Å². The van der Waals surface area contributed by atoms with Crippen LogP contribution in [0, 0.1) is 18.8 Å². The van der Waals surface area contributed by atoms with E-state index in [4.69, 9.17) is 19.4 Å². The van der Waals surface area contributed by atoms with Crippen molar-refractivity contribution in [2.24, 2.45) is 11.8 Å². The number of hydrogen-bond donors (Lipinski definition) is 4. The lowest BCUT2D eigenvalue weighted by Gasteiger charge is -2.30. The van der Waals surface area contributed by atoms with Gasteiger partial charge < -0.3 is 39.9 Å². The average Bonchev–Trinajstić information content (AvgIpc) is 4.06. The van der Waals surface area contributed by atoms with Gasteiger partial charge in [-0.2, -0.15) is 0 Å². The minimum absolute atomic E-state index is 0.111. The lowest BCUT2D eigenvalue weighted by atomic mass is 9.98. The number of aromatic nitrogens is 4. The molecular formula is C44H56N8O6S. The van der Waals surface area contributed by atoms with Crippen LogP contribution in [0.3, 0.4) is 0 Å². The van der Waals surface area contributed by atoms with Crippen LogP contribution in [0.5, 0.6) is 0 Å². The molecule has 2 aromatic carbocycles. The number of thiophene rings is 1. The Labute approximate surface area is 349 Å². The van der Waals surface area contributed by atoms with Crippen LogP contribution in [0.15, 0.2) is 54.9 Å². The Hall–Kier alpha value is -5.70. The number of aryl methyl sites for hydroxylation is 1. The standard InChI is InChI=1S/C44H56N8O6S/c1-9-10-19-51(41(53)37(25(2)3)49-43(55)57-7)24-36-45-23-34(47-36)31-18-17-30(39-32(31)21-27(6)59-39)28-13-15-29(16-14-28)33-22-46-40(48-33)35-12-11-20-52(35)42(54)38(26(4)5)50-44(56)58-8/h13-18,21-23,25-26,35,37-38H,9-12,19-20,24H2,1-8H3,(H,45,47)(H,46,48)(H,49,55)(H,50,56). The van der Waals surface area contributed by atoms with Crippen molar-refractivity contribution in [1.82, 2.24) is 40.4 Å². The van der Waals surface area contributed by atoms with Crippen molar-refractivity contribution in [3.8, 4) is 33.6 Å². The number of benzene rings is 2. The van der Waals surface area contributed by atoms with Gasteiger partial charge in [-0.05, 0) is 60.8 Å². The number of nitrogens with one attached hydrogen (secondary N) is 4. The van der Waals surface area contributed by atoms with Crippen LogP contribution in [-0.2, 0) is 25.6 Å². The SMILES string of the molecule is CCCCN(Cc1ncc(-c2ccc(-c3ccc(-c4cnc(C5CCCN5C(=O)C(NC(=O)OC)C(C)C)[nH]4)cc3)c3sc(C)cc23)[nH]1)C(=O)C(NC(=O)OC)C(C)C. The van der Waals surface area contributed by atoms with Crippen LogP contribution >= 0.6 is 11.3 Å². The molecule has 0 saturated carbocycles. The van der Waals surface area contributed by atoms with Crippen LogP contribution in [0.4, 0.5) is 9.59 Å². The molecule has 15 heteroatoms. The molecule has 14 nitrogen and oxygen atoms in total. The highest BCUT2D eigenvalue weighted by molar-refractivity contribution is 7.19. The fraction of sp³-hybridized carbons (Fsp3) is 0.455. The summed E-state index contributed by atoms with van der Waals surface area (Å²) >= 11 is 1.74. The molecule has 3 atom stereocenters. The van der Waals surface area contributed by atoms with Crippen LogP contribution in [0.25, 0.3) is 43.7 Å². The molecule has 6 rings (SSSR count). The zero-order valence-electron chi connectivity index (χ0n) is 35.2. The monoisotopic (exact) mass is 824 g/mol. The van der Waals surface area contributed by atoms with Crippen molar-refractivity contribution < 1.29 is 28.7 Å². The van der Waals surface area contributed by atoms with Crippen LogP contribution in [-0.4, -0.2) is 93.1 Å². The maximum absolute atomic E-state index is 13.7. The molecule has 1 saturated heterocycles. The lowest BCUT2D eigenvalue weighted by Crippen LogP contribution is -2.51. The Morgan fingerprint density at radius 3 is 2.19 bits per heavy atom. The minimum Gasteiger partial charge on any atom is -0.453 e. The van der Waals surface area contributed by atoms with E-state index in [1.54, 1.807) is 16.2 Å². The molecule has 1 aliphatic rings. The van der Waals surface area contributed by atoms with Crippen LogP contribution in [0.1, 0.15) is 82.9 Å². The van der Waals surface area contributed by atoms with Crippen molar-refractivity contribution in [3.63, 3.8) is 0 Å². The molecule has 314 valence electrons. The molecule has 0 aliphatic carbocycles. The molecule has 3 unspecified atom stereocenters. The van der Waals surface area contributed by atoms with Crippen molar-refractivity contribution >= 4 is 45.4 Å². The van der Waals surface area contributed by atoms with Crippen molar-refractivity contribution in [2.45, 2.75) is 91.9 Å². The first-order valence-corrected chi connectivity index (χ1v) is 21.2. The van der Waals surface area contributed by atoms with Gasteiger partial charge in [0.2, 0.25) is 11.8 Å².